The van der Waals surface area contributed by atoms with Crippen LogP contribution in [0.15, 0.2) is 6.20 Å². The molecule has 1 aromatic rings. The number of aryl methyl sites for hydroxylation is 1. The molecule has 0 radical (unpaired) electrons. The molecule has 2 amide bonds. The van der Waals surface area contributed by atoms with Gasteiger partial charge in [0.1, 0.15) is 0 Å². The number of nitrogens with zero attached hydrogens (tertiary/aromatic N) is 2. The van der Waals surface area contributed by atoms with Gasteiger partial charge in [-0.05, 0) is 26.3 Å². The van der Waals surface area contributed by atoms with Gasteiger partial charge in [-0.3, -0.25) is 14.3 Å². The van der Waals surface area contributed by atoms with E-state index in [0.29, 0.717) is 31.7 Å². The maximum absolute atomic E-state index is 12.0. The van der Waals surface area contributed by atoms with Gasteiger partial charge in [0.05, 0.1) is 11.8 Å². The Labute approximate surface area is 125 Å². The van der Waals surface area contributed by atoms with Crippen molar-refractivity contribution < 1.29 is 9.59 Å². The van der Waals surface area contributed by atoms with E-state index < -0.39 is 0 Å². The van der Waals surface area contributed by atoms with E-state index in [9.17, 15) is 9.59 Å². The van der Waals surface area contributed by atoms with Crippen molar-refractivity contribution in [3.05, 3.63) is 17.5 Å². The number of amides is 2. The van der Waals surface area contributed by atoms with Crippen LogP contribution in [-0.2, 0) is 11.3 Å². The van der Waals surface area contributed by atoms with Crippen molar-refractivity contribution in [2.24, 2.45) is 5.73 Å². The summed E-state index contributed by atoms with van der Waals surface area (Å²) in [5, 5.41) is 9.68. The average molecular weight is 295 g/mol. The van der Waals surface area contributed by atoms with Crippen molar-refractivity contribution in [1.29, 1.82) is 0 Å². The molecular weight excluding hydrogens is 270 g/mol. The summed E-state index contributed by atoms with van der Waals surface area (Å²) in [7, 11) is 0. The minimum atomic E-state index is -0.199. The van der Waals surface area contributed by atoms with Gasteiger partial charge >= 0.3 is 0 Å². The molecule has 0 unspecified atom stereocenters. The van der Waals surface area contributed by atoms with Crippen molar-refractivity contribution in [1.82, 2.24) is 20.4 Å². The molecule has 0 bridgehead atoms. The zero-order chi connectivity index (χ0) is 15.7. The summed E-state index contributed by atoms with van der Waals surface area (Å²) in [6.07, 6.45) is 3.56. The molecule has 7 nitrogen and oxygen atoms in total. The molecule has 1 heterocycles. The molecule has 0 aliphatic rings. The molecule has 0 saturated heterocycles. The average Bonchev–Trinajstić information content (AvgIpc) is 2.84. The molecule has 0 spiro atoms. The Morgan fingerprint density at radius 1 is 1.33 bits per heavy atom. The number of hydrogen-bond acceptors (Lipinski definition) is 4. The molecule has 0 aromatic carbocycles. The van der Waals surface area contributed by atoms with E-state index in [0.717, 1.165) is 18.5 Å². The first-order valence-corrected chi connectivity index (χ1v) is 7.37. The van der Waals surface area contributed by atoms with E-state index in [1.165, 1.54) is 0 Å². The Kier molecular flexibility index (Phi) is 7.45. The third-order valence-corrected chi connectivity index (χ3v) is 3.13. The second kappa shape index (κ2) is 9.12. The lowest BCUT2D eigenvalue weighted by molar-refractivity contribution is -0.120. The maximum Gasteiger partial charge on any atom is 0.254 e. The van der Waals surface area contributed by atoms with Crippen LogP contribution in [0.4, 0.5) is 0 Å². The van der Waals surface area contributed by atoms with Crippen molar-refractivity contribution in [3.63, 3.8) is 0 Å². The third-order valence-electron chi connectivity index (χ3n) is 3.13. The smallest absolute Gasteiger partial charge is 0.254 e. The van der Waals surface area contributed by atoms with Crippen molar-refractivity contribution in [2.45, 2.75) is 39.7 Å². The number of aromatic nitrogens is 2. The summed E-state index contributed by atoms with van der Waals surface area (Å²) in [6, 6.07) is 0. The Bertz CT molecular complexity index is 470. The number of rotatable bonds is 9. The Hall–Kier alpha value is -1.89. The van der Waals surface area contributed by atoms with Gasteiger partial charge in [-0.25, -0.2) is 0 Å². The molecular formula is C14H25N5O2. The molecule has 4 N–H and O–H groups in total. The first-order chi connectivity index (χ1) is 10.1. The molecule has 0 aliphatic heterocycles. The van der Waals surface area contributed by atoms with Crippen LogP contribution in [0.1, 0.15) is 42.2 Å². The molecule has 0 fully saturated rings. The van der Waals surface area contributed by atoms with Crippen molar-refractivity contribution in [2.75, 3.05) is 19.6 Å². The highest BCUT2D eigenvalue weighted by Crippen LogP contribution is 2.07. The van der Waals surface area contributed by atoms with E-state index in [4.69, 9.17) is 5.73 Å². The number of nitrogens with one attached hydrogen (secondary N) is 2. The topological polar surface area (TPSA) is 102 Å². The first-order valence-electron chi connectivity index (χ1n) is 7.37. The second-order valence-electron chi connectivity index (χ2n) is 4.86. The zero-order valence-electron chi connectivity index (χ0n) is 12.8. The van der Waals surface area contributed by atoms with Crippen LogP contribution in [0, 0.1) is 6.92 Å². The highest BCUT2D eigenvalue weighted by atomic mass is 16.2. The fourth-order valence-electron chi connectivity index (χ4n) is 1.87. The van der Waals surface area contributed by atoms with E-state index in [-0.39, 0.29) is 18.2 Å². The van der Waals surface area contributed by atoms with Gasteiger partial charge < -0.3 is 16.4 Å². The van der Waals surface area contributed by atoms with Crippen LogP contribution < -0.4 is 16.4 Å². The van der Waals surface area contributed by atoms with Gasteiger partial charge in [0.25, 0.3) is 5.91 Å². The molecule has 1 aromatic heterocycles. The summed E-state index contributed by atoms with van der Waals surface area (Å²) in [4.78, 5) is 23.4. The number of carbonyl (C=O) groups excluding carboxylic acids is 2. The molecule has 0 saturated carbocycles. The van der Waals surface area contributed by atoms with Crippen LogP contribution >= 0.6 is 0 Å². The molecule has 21 heavy (non-hydrogen) atoms. The normalized spacial score (nSPS) is 10.4. The fourth-order valence-corrected chi connectivity index (χ4v) is 1.87. The van der Waals surface area contributed by atoms with Crippen molar-refractivity contribution in [3.8, 4) is 0 Å². The van der Waals surface area contributed by atoms with Crippen LogP contribution in [0.3, 0.4) is 0 Å². The lowest BCUT2D eigenvalue weighted by atomic mass is 10.2. The molecule has 7 heteroatoms. The SMILES string of the molecule is CCCNC(=O)CCNC(=O)c1cnn(CCCN)c1C. The molecule has 1 rings (SSSR count). The fraction of sp³-hybridized carbons (Fsp3) is 0.643. The predicted octanol–water partition coefficient (Wildman–Crippen LogP) is 0.186. The van der Waals surface area contributed by atoms with Crippen LogP contribution in [0.2, 0.25) is 0 Å². The lowest BCUT2D eigenvalue weighted by Crippen LogP contribution is -2.31. The molecule has 118 valence electrons. The third kappa shape index (κ3) is 5.55. The van der Waals surface area contributed by atoms with Crippen molar-refractivity contribution >= 4 is 11.8 Å². The maximum atomic E-state index is 12.0. The van der Waals surface area contributed by atoms with Gasteiger partial charge in [0.2, 0.25) is 5.91 Å². The minimum absolute atomic E-state index is 0.0486. The Morgan fingerprint density at radius 3 is 2.76 bits per heavy atom. The van der Waals surface area contributed by atoms with Crippen LogP contribution in [0.5, 0.6) is 0 Å². The van der Waals surface area contributed by atoms with E-state index >= 15 is 0 Å². The van der Waals surface area contributed by atoms with Gasteiger partial charge in [0, 0.05) is 31.7 Å². The van der Waals surface area contributed by atoms with E-state index in [1.807, 2.05) is 13.8 Å². The van der Waals surface area contributed by atoms with E-state index in [2.05, 4.69) is 15.7 Å². The predicted molar refractivity (Wildman–Crippen MR) is 80.9 cm³/mol. The van der Waals surface area contributed by atoms with E-state index in [1.54, 1.807) is 10.9 Å². The van der Waals surface area contributed by atoms with Crippen LogP contribution in [0.25, 0.3) is 0 Å². The minimum Gasteiger partial charge on any atom is -0.356 e. The lowest BCUT2D eigenvalue weighted by Gasteiger charge is -2.06. The highest BCUT2D eigenvalue weighted by Gasteiger charge is 2.13. The first kappa shape index (κ1) is 17.2. The van der Waals surface area contributed by atoms with Gasteiger partial charge in [-0.1, -0.05) is 6.92 Å². The van der Waals surface area contributed by atoms with Gasteiger partial charge in [-0.2, -0.15) is 5.10 Å². The summed E-state index contributed by atoms with van der Waals surface area (Å²) in [6.45, 7) is 6.13. The molecule has 0 aliphatic carbocycles. The summed E-state index contributed by atoms with van der Waals surface area (Å²) in [5.41, 5.74) is 6.82. The highest BCUT2D eigenvalue weighted by molar-refractivity contribution is 5.95. The zero-order valence-corrected chi connectivity index (χ0v) is 12.8. The van der Waals surface area contributed by atoms with Gasteiger partial charge in [0.15, 0.2) is 0 Å². The largest absolute Gasteiger partial charge is 0.356 e. The quantitative estimate of drug-likeness (QED) is 0.605. The number of carbonyl (C=O) groups is 2. The monoisotopic (exact) mass is 295 g/mol. The number of hydrogen-bond donors (Lipinski definition) is 3. The van der Waals surface area contributed by atoms with Crippen LogP contribution in [-0.4, -0.2) is 41.2 Å². The summed E-state index contributed by atoms with van der Waals surface area (Å²) in [5.74, 6) is -0.248. The van der Waals surface area contributed by atoms with Gasteiger partial charge in [-0.15, -0.1) is 0 Å². The Morgan fingerprint density at radius 2 is 2.10 bits per heavy atom. The standard InChI is InChI=1S/C14H25N5O2/c1-3-7-16-13(20)5-8-17-14(21)12-10-18-19(11(12)2)9-4-6-15/h10H,3-9,15H2,1-2H3,(H,16,20)(H,17,21). The number of nitrogens with two attached hydrogens (primary N) is 1. The Balaban J connectivity index is 2.42. The second-order valence-corrected chi connectivity index (χ2v) is 4.86. The molecule has 0 atom stereocenters. The summed E-state index contributed by atoms with van der Waals surface area (Å²) < 4.78 is 1.77. The summed E-state index contributed by atoms with van der Waals surface area (Å²) >= 11 is 0.